The monoisotopic (exact) mass is 352 g/mol. The molecule has 7 heteroatoms. The number of carbonyl (C=O) groups is 2. The summed E-state index contributed by atoms with van der Waals surface area (Å²) in [5.41, 5.74) is 3.10. The van der Waals surface area contributed by atoms with Crippen molar-refractivity contribution in [2.24, 2.45) is 5.92 Å². The predicted molar refractivity (Wildman–Crippen MR) is 96.1 cm³/mol. The number of carbonyl (C=O) groups excluding carboxylic acids is 1. The predicted octanol–water partition coefficient (Wildman–Crippen LogP) is 2.02. The van der Waals surface area contributed by atoms with Crippen molar-refractivity contribution in [1.82, 2.24) is 19.9 Å². The molecule has 2 heterocycles. The topological polar surface area (TPSA) is 96.6 Å². The van der Waals surface area contributed by atoms with E-state index in [2.05, 4.69) is 15.5 Å². The standard InChI is InChI=1S/C19H20N4O3/c1-12-4-3-5-14(8-12)9-16(19(25)26)10-20-18(24)15-6-7-17-22-21-13(2)23(17)11-15/h3-8,11,16H,9-10H2,1-2H3,(H,20,24)(H,25,26). The van der Waals surface area contributed by atoms with Gasteiger partial charge in [-0.2, -0.15) is 0 Å². The zero-order valence-corrected chi connectivity index (χ0v) is 14.6. The van der Waals surface area contributed by atoms with Gasteiger partial charge in [-0.3, -0.25) is 14.0 Å². The second-order valence-electron chi connectivity index (χ2n) is 6.33. The van der Waals surface area contributed by atoms with Crippen LogP contribution in [0.2, 0.25) is 0 Å². The third-order valence-electron chi connectivity index (χ3n) is 4.26. The molecule has 0 fully saturated rings. The minimum Gasteiger partial charge on any atom is -0.481 e. The van der Waals surface area contributed by atoms with Gasteiger partial charge in [0.05, 0.1) is 11.5 Å². The lowest BCUT2D eigenvalue weighted by molar-refractivity contribution is -0.141. The van der Waals surface area contributed by atoms with Crippen LogP contribution in [0.5, 0.6) is 0 Å². The van der Waals surface area contributed by atoms with Crippen LogP contribution in [-0.4, -0.2) is 38.1 Å². The van der Waals surface area contributed by atoms with Crippen LogP contribution in [0.25, 0.3) is 5.65 Å². The SMILES string of the molecule is Cc1cccc(CC(CNC(=O)c2ccc3nnc(C)n3c2)C(=O)O)c1. The summed E-state index contributed by atoms with van der Waals surface area (Å²) in [6.45, 7) is 3.81. The summed E-state index contributed by atoms with van der Waals surface area (Å²) < 4.78 is 1.72. The Morgan fingerprint density at radius 1 is 1.19 bits per heavy atom. The molecule has 2 N–H and O–H groups in total. The second kappa shape index (κ2) is 7.35. The van der Waals surface area contributed by atoms with E-state index in [-0.39, 0.29) is 12.5 Å². The molecule has 1 atom stereocenters. The van der Waals surface area contributed by atoms with Gasteiger partial charge in [0.2, 0.25) is 0 Å². The highest BCUT2D eigenvalue weighted by Gasteiger charge is 2.20. The molecule has 1 unspecified atom stereocenters. The molecule has 0 radical (unpaired) electrons. The van der Waals surface area contributed by atoms with E-state index in [0.717, 1.165) is 11.1 Å². The number of benzene rings is 1. The number of nitrogens with zero attached hydrogens (tertiary/aromatic N) is 3. The third kappa shape index (κ3) is 3.88. The highest BCUT2D eigenvalue weighted by molar-refractivity contribution is 5.94. The Morgan fingerprint density at radius 2 is 2.00 bits per heavy atom. The third-order valence-corrected chi connectivity index (χ3v) is 4.26. The van der Waals surface area contributed by atoms with Crippen molar-refractivity contribution in [3.05, 3.63) is 65.1 Å². The summed E-state index contributed by atoms with van der Waals surface area (Å²) in [6.07, 6.45) is 2.01. The number of hydrogen-bond acceptors (Lipinski definition) is 4. The van der Waals surface area contributed by atoms with E-state index in [9.17, 15) is 14.7 Å². The molecule has 3 aromatic rings. The first-order valence-corrected chi connectivity index (χ1v) is 8.32. The van der Waals surface area contributed by atoms with Crippen molar-refractivity contribution in [2.45, 2.75) is 20.3 Å². The highest BCUT2D eigenvalue weighted by atomic mass is 16.4. The van der Waals surface area contributed by atoms with Gasteiger partial charge in [-0.25, -0.2) is 0 Å². The summed E-state index contributed by atoms with van der Waals surface area (Å²) in [5.74, 6) is -1.27. The molecular formula is C19H20N4O3. The van der Waals surface area contributed by atoms with E-state index in [1.807, 2.05) is 31.2 Å². The van der Waals surface area contributed by atoms with Crippen LogP contribution in [-0.2, 0) is 11.2 Å². The van der Waals surface area contributed by atoms with Gasteiger partial charge in [0, 0.05) is 12.7 Å². The number of carboxylic acid groups (broad SMARTS) is 1. The molecule has 3 rings (SSSR count). The Labute approximate surface area is 150 Å². The van der Waals surface area contributed by atoms with E-state index in [4.69, 9.17) is 0 Å². The van der Waals surface area contributed by atoms with E-state index >= 15 is 0 Å². The quantitative estimate of drug-likeness (QED) is 0.707. The minimum absolute atomic E-state index is 0.0569. The van der Waals surface area contributed by atoms with Crippen LogP contribution in [0, 0.1) is 19.8 Å². The normalized spacial score (nSPS) is 12.1. The molecular weight excluding hydrogens is 332 g/mol. The smallest absolute Gasteiger partial charge is 0.308 e. The van der Waals surface area contributed by atoms with Crippen molar-refractivity contribution in [3.8, 4) is 0 Å². The molecule has 0 saturated carbocycles. The van der Waals surface area contributed by atoms with E-state index in [1.54, 1.807) is 29.7 Å². The first-order valence-electron chi connectivity index (χ1n) is 8.32. The number of pyridine rings is 1. The fraction of sp³-hybridized carbons (Fsp3) is 0.263. The van der Waals surface area contributed by atoms with Crippen molar-refractivity contribution in [3.63, 3.8) is 0 Å². The van der Waals surface area contributed by atoms with Crippen LogP contribution in [0.15, 0.2) is 42.6 Å². The minimum atomic E-state index is -0.933. The molecule has 0 saturated heterocycles. The van der Waals surface area contributed by atoms with Gasteiger partial charge in [0.15, 0.2) is 5.65 Å². The molecule has 1 amide bonds. The summed E-state index contributed by atoms with van der Waals surface area (Å²) in [6, 6.07) is 11.1. The van der Waals surface area contributed by atoms with Gasteiger partial charge in [-0.1, -0.05) is 29.8 Å². The molecule has 0 bridgehead atoms. The molecule has 2 aromatic heterocycles. The maximum Gasteiger partial charge on any atom is 0.308 e. The summed E-state index contributed by atoms with van der Waals surface area (Å²) in [7, 11) is 0. The van der Waals surface area contributed by atoms with Crippen molar-refractivity contribution >= 4 is 17.5 Å². The number of aromatic nitrogens is 3. The number of nitrogens with one attached hydrogen (secondary N) is 1. The van der Waals surface area contributed by atoms with Gasteiger partial charge in [-0.15, -0.1) is 10.2 Å². The lowest BCUT2D eigenvalue weighted by Crippen LogP contribution is -2.34. The Bertz CT molecular complexity index is 964. The van der Waals surface area contributed by atoms with E-state index in [1.165, 1.54) is 0 Å². The lowest BCUT2D eigenvalue weighted by Gasteiger charge is -2.14. The zero-order chi connectivity index (χ0) is 18.7. The van der Waals surface area contributed by atoms with Crippen LogP contribution in [0.4, 0.5) is 0 Å². The molecule has 0 aliphatic heterocycles. The highest BCUT2D eigenvalue weighted by Crippen LogP contribution is 2.12. The molecule has 1 aromatic carbocycles. The van der Waals surface area contributed by atoms with Crippen molar-refractivity contribution in [1.29, 1.82) is 0 Å². The Kier molecular flexibility index (Phi) is 4.97. The summed E-state index contributed by atoms with van der Waals surface area (Å²) in [5, 5.41) is 20.1. The largest absolute Gasteiger partial charge is 0.481 e. The maximum atomic E-state index is 12.4. The van der Waals surface area contributed by atoms with Gasteiger partial charge in [0.25, 0.3) is 5.91 Å². The number of fused-ring (bicyclic) bond motifs is 1. The second-order valence-corrected chi connectivity index (χ2v) is 6.33. The summed E-state index contributed by atoms with van der Waals surface area (Å²) >= 11 is 0. The van der Waals surface area contributed by atoms with E-state index in [0.29, 0.717) is 23.5 Å². The Morgan fingerprint density at radius 3 is 2.73 bits per heavy atom. The molecule has 26 heavy (non-hydrogen) atoms. The lowest BCUT2D eigenvalue weighted by atomic mass is 9.98. The molecule has 0 spiro atoms. The van der Waals surface area contributed by atoms with Crippen molar-refractivity contribution in [2.75, 3.05) is 6.54 Å². The van der Waals surface area contributed by atoms with Crippen LogP contribution >= 0.6 is 0 Å². The average Bonchev–Trinajstić information content (AvgIpc) is 2.98. The average molecular weight is 352 g/mol. The number of hydrogen-bond donors (Lipinski definition) is 2. The number of aliphatic carboxylic acids is 1. The zero-order valence-electron chi connectivity index (χ0n) is 14.6. The number of carboxylic acids is 1. The number of amides is 1. The number of aryl methyl sites for hydroxylation is 2. The van der Waals surface area contributed by atoms with Gasteiger partial charge in [0.1, 0.15) is 5.82 Å². The first-order chi connectivity index (χ1) is 12.4. The Balaban J connectivity index is 1.68. The summed E-state index contributed by atoms with van der Waals surface area (Å²) in [4.78, 5) is 23.9. The fourth-order valence-corrected chi connectivity index (χ4v) is 2.83. The maximum absolute atomic E-state index is 12.4. The van der Waals surface area contributed by atoms with Gasteiger partial charge >= 0.3 is 5.97 Å². The van der Waals surface area contributed by atoms with Gasteiger partial charge < -0.3 is 10.4 Å². The van der Waals surface area contributed by atoms with Gasteiger partial charge in [-0.05, 0) is 38.0 Å². The van der Waals surface area contributed by atoms with Crippen LogP contribution in [0.1, 0.15) is 27.3 Å². The first kappa shape index (κ1) is 17.6. The van der Waals surface area contributed by atoms with Crippen LogP contribution in [0.3, 0.4) is 0 Å². The molecule has 0 aliphatic carbocycles. The molecule has 7 nitrogen and oxygen atoms in total. The number of rotatable bonds is 6. The Hall–Kier alpha value is -3.22. The molecule has 134 valence electrons. The van der Waals surface area contributed by atoms with Crippen LogP contribution < -0.4 is 5.32 Å². The van der Waals surface area contributed by atoms with Crippen molar-refractivity contribution < 1.29 is 14.7 Å². The molecule has 0 aliphatic rings. The van der Waals surface area contributed by atoms with E-state index < -0.39 is 11.9 Å². The fourth-order valence-electron chi connectivity index (χ4n) is 2.83.